The van der Waals surface area contributed by atoms with Gasteiger partial charge in [-0.15, -0.1) is 0 Å². The molecule has 0 saturated carbocycles. The molecule has 0 aliphatic rings. The van der Waals surface area contributed by atoms with Crippen molar-refractivity contribution in [3.63, 3.8) is 0 Å². The molecule has 0 radical (unpaired) electrons. The highest BCUT2D eigenvalue weighted by molar-refractivity contribution is 5.39. The van der Waals surface area contributed by atoms with Gasteiger partial charge in [0.05, 0.1) is 11.4 Å². The number of rotatable bonds is 4. The second-order valence-corrected chi connectivity index (χ2v) is 3.46. The molecule has 0 unspecified atom stereocenters. The number of nitrogens with one attached hydrogen (secondary N) is 1. The van der Waals surface area contributed by atoms with Crippen LogP contribution in [0, 0.1) is 13.8 Å². The highest BCUT2D eigenvalue weighted by atomic mass is 16.5. The normalized spacial score (nSPS) is 10.4. The Bertz CT molecular complexity index is 454. The number of aromatic nitrogens is 4. The minimum absolute atomic E-state index is 0.616. The summed E-state index contributed by atoms with van der Waals surface area (Å²) in [4.78, 5) is 12.5. The van der Waals surface area contributed by atoms with Crippen molar-refractivity contribution in [1.29, 1.82) is 0 Å². The van der Waals surface area contributed by atoms with Gasteiger partial charge in [-0.1, -0.05) is 5.16 Å². The van der Waals surface area contributed by atoms with E-state index in [-0.39, 0.29) is 0 Å². The fraction of sp³-hybridized carbons (Fsp3) is 0.400. The van der Waals surface area contributed by atoms with Crippen molar-refractivity contribution in [2.45, 2.75) is 20.3 Å². The van der Waals surface area contributed by atoms with Crippen molar-refractivity contribution in [1.82, 2.24) is 20.1 Å². The Hall–Kier alpha value is -1.98. The molecule has 1 N–H and O–H groups in total. The third kappa shape index (κ3) is 2.53. The van der Waals surface area contributed by atoms with Crippen LogP contribution in [-0.4, -0.2) is 26.7 Å². The van der Waals surface area contributed by atoms with Crippen LogP contribution < -0.4 is 5.32 Å². The summed E-state index contributed by atoms with van der Waals surface area (Å²) in [5.74, 6) is 1.42. The van der Waals surface area contributed by atoms with Crippen LogP contribution in [0.25, 0.3) is 0 Å². The largest absolute Gasteiger partial charge is 0.368 e. The molecular formula is C10H13N5O. The van der Waals surface area contributed by atoms with Crippen molar-refractivity contribution in [3.05, 3.63) is 29.8 Å². The summed E-state index contributed by atoms with van der Waals surface area (Å²) in [5.41, 5.74) is 1.78. The van der Waals surface area contributed by atoms with Gasteiger partial charge in [0.15, 0.2) is 6.33 Å². The fourth-order valence-corrected chi connectivity index (χ4v) is 1.30. The zero-order valence-electron chi connectivity index (χ0n) is 9.27. The van der Waals surface area contributed by atoms with Gasteiger partial charge < -0.3 is 9.84 Å². The van der Waals surface area contributed by atoms with Crippen LogP contribution in [0.1, 0.15) is 17.3 Å². The fourth-order valence-electron chi connectivity index (χ4n) is 1.30. The Balaban J connectivity index is 1.92. The first-order chi connectivity index (χ1) is 7.75. The molecular weight excluding hydrogens is 206 g/mol. The lowest BCUT2D eigenvalue weighted by atomic mass is 10.3. The Morgan fingerprint density at radius 3 is 2.94 bits per heavy atom. The van der Waals surface area contributed by atoms with Gasteiger partial charge in [0.2, 0.25) is 5.89 Å². The molecule has 0 atom stereocenters. The summed E-state index contributed by atoms with van der Waals surface area (Å²) in [6.45, 7) is 4.53. The van der Waals surface area contributed by atoms with Crippen molar-refractivity contribution in [2.24, 2.45) is 0 Å². The Kier molecular flexibility index (Phi) is 3.09. The van der Waals surface area contributed by atoms with E-state index in [1.54, 1.807) is 6.20 Å². The molecule has 0 amide bonds. The van der Waals surface area contributed by atoms with Crippen molar-refractivity contribution >= 4 is 5.82 Å². The average molecular weight is 219 g/mol. The van der Waals surface area contributed by atoms with E-state index in [1.165, 1.54) is 6.33 Å². The maximum Gasteiger partial charge on any atom is 0.228 e. The first-order valence-corrected chi connectivity index (χ1v) is 5.05. The minimum Gasteiger partial charge on any atom is -0.368 e. The molecule has 2 rings (SSSR count). The van der Waals surface area contributed by atoms with E-state index in [0.717, 1.165) is 17.2 Å². The summed E-state index contributed by atoms with van der Waals surface area (Å²) < 4.78 is 4.89. The number of aryl methyl sites for hydroxylation is 2. The second-order valence-electron chi connectivity index (χ2n) is 3.46. The van der Waals surface area contributed by atoms with Gasteiger partial charge in [-0.2, -0.15) is 4.98 Å². The SMILES string of the molecule is Cc1cnc(C)c(NCCc2ncno2)n1. The maximum atomic E-state index is 4.89. The van der Waals surface area contributed by atoms with Crippen LogP contribution in [-0.2, 0) is 6.42 Å². The van der Waals surface area contributed by atoms with Crippen molar-refractivity contribution in [3.8, 4) is 0 Å². The third-order valence-corrected chi connectivity index (χ3v) is 2.11. The number of anilines is 1. The van der Waals surface area contributed by atoms with Crippen LogP contribution in [0.3, 0.4) is 0 Å². The molecule has 0 spiro atoms. The molecule has 6 heteroatoms. The van der Waals surface area contributed by atoms with Crippen molar-refractivity contribution in [2.75, 3.05) is 11.9 Å². The minimum atomic E-state index is 0.616. The molecule has 2 aromatic rings. The molecule has 0 aliphatic carbocycles. The van der Waals surface area contributed by atoms with Crippen LogP contribution >= 0.6 is 0 Å². The van der Waals surface area contributed by atoms with Crippen molar-refractivity contribution < 1.29 is 4.52 Å². The summed E-state index contributed by atoms with van der Waals surface area (Å²) in [6.07, 6.45) is 3.82. The summed E-state index contributed by atoms with van der Waals surface area (Å²) in [6, 6.07) is 0. The lowest BCUT2D eigenvalue weighted by Gasteiger charge is -2.06. The number of hydrogen-bond acceptors (Lipinski definition) is 6. The first-order valence-electron chi connectivity index (χ1n) is 5.05. The van der Waals surface area contributed by atoms with Crippen LogP contribution in [0.2, 0.25) is 0 Å². The van der Waals surface area contributed by atoms with Crippen LogP contribution in [0.5, 0.6) is 0 Å². The summed E-state index contributed by atoms with van der Waals surface area (Å²) in [7, 11) is 0. The van der Waals surface area contributed by atoms with E-state index in [4.69, 9.17) is 4.52 Å². The second kappa shape index (κ2) is 4.69. The molecule has 16 heavy (non-hydrogen) atoms. The molecule has 0 fully saturated rings. The Labute approximate surface area is 93.1 Å². The van der Waals surface area contributed by atoms with E-state index < -0.39 is 0 Å². The quantitative estimate of drug-likeness (QED) is 0.830. The third-order valence-electron chi connectivity index (χ3n) is 2.11. The highest BCUT2D eigenvalue weighted by Gasteiger charge is 2.02. The summed E-state index contributed by atoms with van der Waals surface area (Å²) in [5, 5.41) is 6.73. The average Bonchev–Trinajstić information content (AvgIpc) is 2.76. The van der Waals surface area contributed by atoms with Gasteiger partial charge in [-0.25, -0.2) is 4.98 Å². The molecule has 84 valence electrons. The smallest absolute Gasteiger partial charge is 0.228 e. The van der Waals surface area contributed by atoms with E-state index in [9.17, 15) is 0 Å². The predicted octanol–water partition coefficient (Wildman–Crippen LogP) is 1.13. The van der Waals surface area contributed by atoms with E-state index >= 15 is 0 Å². The van der Waals surface area contributed by atoms with E-state index in [2.05, 4.69) is 25.4 Å². The van der Waals surface area contributed by atoms with E-state index in [1.807, 2.05) is 13.8 Å². The first kappa shape index (κ1) is 10.5. The van der Waals surface area contributed by atoms with Gasteiger partial charge >= 0.3 is 0 Å². The molecule has 0 bridgehead atoms. The highest BCUT2D eigenvalue weighted by Crippen LogP contribution is 2.08. The Morgan fingerprint density at radius 2 is 2.19 bits per heavy atom. The predicted molar refractivity (Wildman–Crippen MR) is 58.0 cm³/mol. The standard InChI is InChI=1S/C10H13N5O/c1-7-5-12-8(2)10(15-7)11-4-3-9-13-6-14-16-9/h5-6H,3-4H2,1-2H3,(H,11,15). The molecule has 2 heterocycles. The molecule has 0 aromatic carbocycles. The molecule has 0 saturated heterocycles. The topological polar surface area (TPSA) is 76.7 Å². The molecule has 2 aromatic heterocycles. The lowest BCUT2D eigenvalue weighted by Crippen LogP contribution is -2.09. The monoisotopic (exact) mass is 219 g/mol. The number of nitrogens with zero attached hydrogens (tertiary/aromatic N) is 4. The zero-order chi connectivity index (χ0) is 11.4. The van der Waals surface area contributed by atoms with Crippen LogP contribution in [0.15, 0.2) is 17.0 Å². The Morgan fingerprint density at radius 1 is 1.31 bits per heavy atom. The van der Waals surface area contributed by atoms with Gasteiger partial charge in [-0.05, 0) is 13.8 Å². The number of hydrogen-bond donors (Lipinski definition) is 1. The van der Waals surface area contributed by atoms with Crippen LogP contribution in [0.4, 0.5) is 5.82 Å². The zero-order valence-corrected chi connectivity index (χ0v) is 9.27. The summed E-state index contributed by atoms with van der Waals surface area (Å²) >= 11 is 0. The van der Waals surface area contributed by atoms with Gasteiger partial charge in [0.25, 0.3) is 0 Å². The molecule has 6 nitrogen and oxygen atoms in total. The lowest BCUT2D eigenvalue weighted by molar-refractivity contribution is 0.379. The maximum absolute atomic E-state index is 4.89. The van der Waals surface area contributed by atoms with Gasteiger partial charge in [-0.3, -0.25) is 4.98 Å². The van der Waals surface area contributed by atoms with E-state index in [0.29, 0.717) is 18.9 Å². The van der Waals surface area contributed by atoms with Gasteiger partial charge in [0.1, 0.15) is 5.82 Å². The molecule has 0 aliphatic heterocycles. The van der Waals surface area contributed by atoms with Gasteiger partial charge in [0, 0.05) is 19.2 Å².